The summed E-state index contributed by atoms with van der Waals surface area (Å²) in [5, 5.41) is 0. The van der Waals surface area contributed by atoms with Crippen molar-refractivity contribution in [1.82, 2.24) is 4.90 Å². The van der Waals surface area contributed by atoms with E-state index < -0.39 is 6.36 Å². The minimum absolute atomic E-state index is 0.177. The second kappa shape index (κ2) is 6.68. The van der Waals surface area contributed by atoms with Crippen LogP contribution in [0.1, 0.15) is 28.3 Å². The number of benzene rings is 2. The van der Waals surface area contributed by atoms with Gasteiger partial charge in [-0.05, 0) is 48.4 Å². The fourth-order valence-electron chi connectivity index (χ4n) is 3.37. The molecule has 0 saturated carbocycles. The van der Waals surface area contributed by atoms with Gasteiger partial charge >= 0.3 is 6.36 Å². The minimum Gasteiger partial charge on any atom is -0.454 e. The highest BCUT2D eigenvalue weighted by Crippen LogP contribution is 2.37. The largest absolute Gasteiger partial charge is 0.573 e. The number of alkyl halides is 3. The Labute approximate surface area is 153 Å². The van der Waals surface area contributed by atoms with Crippen LogP contribution in [-0.4, -0.2) is 37.1 Å². The van der Waals surface area contributed by atoms with E-state index in [4.69, 9.17) is 9.47 Å². The summed E-state index contributed by atoms with van der Waals surface area (Å²) in [6.07, 6.45) is -3.95. The van der Waals surface area contributed by atoms with Crippen LogP contribution in [0.2, 0.25) is 0 Å². The first kappa shape index (κ1) is 17.5. The maximum Gasteiger partial charge on any atom is 0.573 e. The Hall–Kier alpha value is -2.90. The molecule has 2 aliphatic rings. The summed E-state index contributed by atoms with van der Waals surface area (Å²) in [7, 11) is 0. The van der Waals surface area contributed by atoms with Crippen molar-refractivity contribution >= 4 is 5.91 Å². The van der Waals surface area contributed by atoms with Crippen molar-refractivity contribution in [1.29, 1.82) is 0 Å². The van der Waals surface area contributed by atoms with E-state index in [1.807, 2.05) is 18.2 Å². The number of amides is 1. The van der Waals surface area contributed by atoms with Crippen LogP contribution in [0.5, 0.6) is 17.2 Å². The van der Waals surface area contributed by atoms with E-state index in [1.54, 1.807) is 4.90 Å². The molecule has 2 aliphatic heterocycles. The highest BCUT2D eigenvalue weighted by atomic mass is 19.4. The third-order valence-electron chi connectivity index (χ3n) is 4.68. The second-order valence-electron chi connectivity index (χ2n) is 6.42. The van der Waals surface area contributed by atoms with Gasteiger partial charge in [0, 0.05) is 24.6 Å². The molecule has 1 unspecified atom stereocenters. The van der Waals surface area contributed by atoms with Gasteiger partial charge in [0.2, 0.25) is 6.79 Å². The second-order valence-corrected chi connectivity index (χ2v) is 6.42. The Balaban J connectivity index is 1.42. The molecule has 0 spiro atoms. The van der Waals surface area contributed by atoms with Gasteiger partial charge in [-0.15, -0.1) is 13.2 Å². The molecule has 8 heteroatoms. The predicted molar refractivity (Wildman–Crippen MR) is 89.0 cm³/mol. The third kappa shape index (κ3) is 3.79. The Kier molecular flexibility index (Phi) is 4.33. The van der Waals surface area contributed by atoms with Gasteiger partial charge in [-0.1, -0.05) is 6.07 Å². The summed E-state index contributed by atoms with van der Waals surface area (Å²) >= 11 is 0. The Morgan fingerprint density at radius 3 is 2.56 bits per heavy atom. The molecule has 0 radical (unpaired) electrons. The minimum atomic E-state index is -4.75. The quantitative estimate of drug-likeness (QED) is 0.811. The Bertz CT molecular complexity index is 851. The molecule has 0 aliphatic carbocycles. The first-order chi connectivity index (χ1) is 12.9. The van der Waals surface area contributed by atoms with Crippen molar-refractivity contribution in [2.24, 2.45) is 0 Å². The number of hydrogen-bond acceptors (Lipinski definition) is 4. The topological polar surface area (TPSA) is 48.0 Å². The van der Waals surface area contributed by atoms with Gasteiger partial charge in [0.25, 0.3) is 5.91 Å². The lowest BCUT2D eigenvalue weighted by Crippen LogP contribution is -2.28. The fraction of sp³-hybridized carbons (Fsp3) is 0.316. The normalized spacial score (nSPS) is 18.6. The van der Waals surface area contributed by atoms with Gasteiger partial charge in [-0.25, -0.2) is 0 Å². The van der Waals surface area contributed by atoms with Crippen LogP contribution in [0.15, 0.2) is 42.5 Å². The van der Waals surface area contributed by atoms with E-state index in [0.717, 1.165) is 24.1 Å². The van der Waals surface area contributed by atoms with Gasteiger partial charge < -0.3 is 19.1 Å². The summed E-state index contributed by atoms with van der Waals surface area (Å²) in [6.45, 7) is 1.33. The molecule has 1 amide bonds. The van der Waals surface area contributed by atoms with E-state index in [2.05, 4.69) is 4.74 Å². The molecule has 1 fully saturated rings. The monoisotopic (exact) mass is 379 g/mol. The van der Waals surface area contributed by atoms with Crippen LogP contribution in [0.25, 0.3) is 0 Å². The summed E-state index contributed by atoms with van der Waals surface area (Å²) in [4.78, 5) is 14.3. The molecular formula is C19H16F3NO4. The first-order valence-corrected chi connectivity index (χ1v) is 8.44. The summed E-state index contributed by atoms with van der Waals surface area (Å²) in [5.74, 6) is 1.04. The van der Waals surface area contributed by atoms with Crippen LogP contribution >= 0.6 is 0 Å². The molecule has 0 N–H and O–H groups in total. The van der Waals surface area contributed by atoms with Gasteiger partial charge in [0.1, 0.15) is 5.75 Å². The van der Waals surface area contributed by atoms with Crippen molar-refractivity contribution in [3.8, 4) is 17.2 Å². The van der Waals surface area contributed by atoms with Gasteiger partial charge in [0.15, 0.2) is 11.5 Å². The zero-order chi connectivity index (χ0) is 19.0. The summed E-state index contributed by atoms with van der Waals surface area (Å²) in [6, 6.07) is 10.7. The van der Waals surface area contributed by atoms with Crippen molar-refractivity contribution in [3.63, 3.8) is 0 Å². The number of halogens is 3. The zero-order valence-electron chi connectivity index (χ0n) is 14.2. The molecule has 1 atom stereocenters. The number of nitrogens with zero attached hydrogens (tertiary/aromatic N) is 1. The smallest absolute Gasteiger partial charge is 0.454 e. The first-order valence-electron chi connectivity index (χ1n) is 8.44. The third-order valence-corrected chi connectivity index (χ3v) is 4.68. The van der Waals surface area contributed by atoms with Gasteiger partial charge in [-0.3, -0.25) is 4.79 Å². The summed E-state index contributed by atoms with van der Waals surface area (Å²) < 4.78 is 51.2. The molecule has 4 rings (SSSR count). The van der Waals surface area contributed by atoms with E-state index >= 15 is 0 Å². The zero-order valence-corrected chi connectivity index (χ0v) is 14.2. The van der Waals surface area contributed by atoms with Crippen molar-refractivity contribution in [2.45, 2.75) is 18.7 Å². The molecule has 27 heavy (non-hydrogen) atoms. The van der Waals surface area contributed by atoms with E-state index in [-0.39, 0.29) is 24.4 Å². The Morgan fingerprint density at radius 1 is 1.07 bits per heavy atom. The molecule has 1 saturated heterocycles. The van der Waals surface area contributed by atoms with Gasteiger partial charge in [0.05, 0.1) is 0 Å². The predicted octanol–water partition coefficient (Wildman–Crippen LogP) is 3.94. The lowest BCUT2D eigenvalue weighted by molar-refractivity contribution is -0.274. The molecule has 0 bridgehead atoms. The van der Waals surface area contributed by atoms with E-state index in [1.165, 1.54) is 12.1 Å². The molecular weight excluding hydrogens is 363 g/mol. The fourth-order valence-corrected chi connectivity index (χ4v) is 3.37. The number of ether oxygens (including phenoxy) is 3. The standard InChI is InChI=1S/C19H16F3NO4/c20-19(21,22)27-15-4-1-12(2-5-15)18(24)23-8-7-14(10-23)13-3-6-16-17(9-13)26-11-25-16/h1-6,9,14H,7-8,10-11H2. The summed E-state index contributed by atoms with van der Waals surface area (Å²) in [5.41, 5.74) is 1.40. The van der Waals surface area contributed by atoms with Crippen LogP contribution < -0.4 is 14.2 Å². The molecule has 2 aromatic carbocycles. The SMILES string of the molecule is O=C(c1ccc(OC(F)(F)F)cc1)N1CCC(c2ccc3c(c2)OCO3)C1. The maximum atomic E-state index is 12.6. The van der Waals surface area contributed by atoms with Gasteiger partial charge in [-0.2, -0.15) is 0 Å². The van der Waals surface area contributed by atoms with Crippen LogP contribution in [0, 0.1) is 0 Å². The number of carbonyl (C=O) groups is 1. The Morgan fingerprint density at radius 2 is 1.81 bits per heavy atom. The number of fused-ring (bicyclic) bond motifs is 1. The number of likely N-dealkylation sites (tertiary alicyclic amines) is 1. The highest BCUT2D eigenvalue weighted by molar-refractivity contribution is 5.94. The molecule has 2 aromatic rings. The molecule has 2 heterocycles. The van der Waals surface area contributed by atoms with Crippen LogP contribution in [0.4, 0.5) is 13.2 Å². The number of carbonyl (C=O) groups excluding carboxylic acids is 1. The molecule has 5 nitrogen and oxygen atoms in total. The maximum absolute atomic E-state index is 12.6. The average molecular weight is 379 g/mol. The number of hydrogen-bond donors (Lipinski definition) is 0. The van der Waals surface area contributed by atoms with Crippen LogP contribution in [0.3, 0.4) is 0 Å². The van der Waals surface area contributed by atoms with Crippen LogP contribution in [-0.2, 0) is 0 Å². The number of rotatable bonds is 3. The van der Waals surface area contributed by atoms with E-state index in [0.29, 0.717) is 30.2 Å². The van der Waals surface area contributed by atoms with Crippen molar-refractivity contribution < 1.29 is 32.2 Å². The van der Waals surface area contributed by atoms with Crippen molar-refractivity contribution in [2.75, 3.05) is 19.9 Å². The lowest BCUT2D eigenvalue weighted by atomic mass is 9.98. The molecule has 0 aromatic heterocycles. The molecule has 142 valence electrons. The average Bonchev–Trinajstić information content (AvgIpc) is 3.29. The highest BCUT2D eigenvalue weighted by Gasteiger charge is 2.32. The van der Waals surface area contributed by atoms with E-state index in [9.17, 15) is 18.0 Å². The van der Waals surface area contributed by atoms with Crippen molar-refractivity contribution in [3.05, 3.63) is 53.6 Å². The lowest BCUT2D eigenvalue weighted by Gasteiger charge is -2.17.